The van der Waals surface area contributed by atoms with Gasteiger partial charge in [0.2, 0.25) is 0 Å². The van der Waals surface area contributed by atoms with Crippen LogP contribution in [0.15, 0.2) is 256 Å². The Hall–Kier alpha value is -6.74. The van der Waals surface area contributed by atoms with Crippen molar-refractivity contribution < 1.29 is 63.3 Å². The first-order valence-electron chi connectivity index (χ1n) is 40.0. The number of benzene rings is 8. The van der Waals surface area contributed by atoms with Gasteiger partial charge in [0.1, 0.15) is 12.2 Å². The molecule has 10 rings (SSSR count). The molecule has 0 bridgehead atoms. The molecule has 2 aliphatic heterocycles. The van der Waals surface area contributed by atoms with Crippen LogP contribution in [0.5, 0.6) is 0 Å². The Balaban J connectivity index is 0.000000433. The second-order valence-corrected chi connectivity index (χ2v) is 29.9. The van der Waals surface area contributed by atoms with Crippen LogP contribution in [0.1, 0.15) is 188 Å². The van der Waals surface area contributed by atoms with Gasteiger partial charge in [0, 0.05) is 48.7 Å². The molecule has 15 heteroatoms. The molecule has 2 fully saturated rings. The summed E-state index contributed by atoms with van der Waals surface area (Å²) in [5.41, 5.74) is 11.1. The zero-order valence-corrected chi connectivity index (χ0v) is 70.1. The molecule has 8 aromatic rings. The van der Waals surface area contributed by atoms with Crippen LogP contribution in [0.25, 0.3) is 12.2 Å². The van der Waals surface area contributed by atoms with Gasteiger partial charge in [-0.3, -0.25) is 4.21 Å². The van der Waals surface area contributed by atoms with Gasteiger partial charge >= 0.3 is 0 Å². The first kappa shape index (κ1) is 100. The minimum atomic E-state index is -1.32. The second-order valence-electron chi connectivity index (χ2n) is 27.3. The van der Waals surface area contributed by atoms with Crippen molar-refractivity contribution in [3.05, 3.63) is 300 Å². The van der Waals surface area contributed by atoms with Crippen molar-refractivity contribution in [2.75, 3.05) is 102 Å². The lowest BCUT2D eigenvalue weighted by Crippen LogP contribution is -2.28. The molecule has 6 N–H and O–H groups in total. The molecule has 13 nitrogen and oxygen atoms in total. The van der Waals surface area contributed by atoms with Gasteiger partial charge in [0.15, 0.2) is 0 Å². The fraction of sp³-hybridized carbons (Fsp3) is 0.458. The lowest BCUT2D eigenvalue weighted by Gasteiger charge is -2.20. The maximum Gasteiger partial charge on any atom is 0.104 e. The summed E-state index contributed by atoms with van der Waals surface area (Å²) >= 11 is 1.40. The van der Waals surface area contributed by atoms with Crippen LogP contribution in [-0.4, -0.2) is 174 Å². The van der Waals surface area contributed by atoms with Crippen molar-refractivity contribution >= 4 is 34.7 Å². The molecule has 0 amide bonds. The third-order valence-corrected chi connectivity index (χ3v) is 20.8. The summed E-state index contributed by atoms with van der Waals surface area (Å²) in [7, 11) is -1.32. The summed E-state index contributed by atoms with van der Waals surface area (Å²) in [5, 5.41) is 53.5. The van der Waals surface area contributed by atoms with Crippen LogP contribution >= 0.6 is 11.8 Å². The third kappa shape index (κ3) is 51.6. The van der Waals surface area contributed by atoms with Crippen LogP contribution in [0.3, 0.4) is 0 Å². The Morgan fingerprint density at radius 2 is 0.640 bits per heavy atom. The van der Waals surface area contributed by atoms with E-state index in [4.69, 9.17) is 48.8 Å². The van der Waals surface area contributed by atoms with Crippen molar-refractivity contribution in [1.29, 1.82) is 0 Å². The zero-order valence-electron chi connectivity index (χ0n) is 68.5. The molecule has 2 saturated heterocycles. The van der Waals surface area contributed by atoms with Crippen molar-refractivity contribution in [3.63, 3.8) is 0 Å². The van der Waals surface area contributed by atoms with E-state index in [9.17, 15) is 14.4 Å². The minimum absolute atomic E-state index is 0.0142. The molecule has 0 aromatic heterocycles. The summed E-state index contributed by atoms with van der Waals surface area (Å²) < 4.78 is 41.0. The van der Waals surface area contributed by atoms with E-state index in [-0.39, 0.29) is 24.7 Å². The standard InChI is InChI=1S/3C18H22.C8H18O5S.C8H18O4S.2C8H8.2C5H10O2/c3*1-3-16(18-12-8-5-9-13-18)14-15(2)17-10-6-4-7-11-17;1-2-13-4-8(11)6-14(12)5-7(10)3-9;1-2-12-4-8(11)6-13-5-7(10)3-9;2*1-2-8-6-4-3-5-7-8;2*1-2-6-3-5-4-7-5/h3*4-13,15-16H,3,14H2,1-2H3;7-11H,2-6H2,1H3;7-11H,2-6H2,1H3;2*2-7H,1H2;2*5H,2-4H2,1H3. The molecular formula is C96H138O13S2. The van der Waals surface area contributed by atoms with Gasteiger partial charge in [-0.25, -0.2) is 0 Å². The SMILES string of the molecule is C=Cc1ccccc1.C=Cc1ccccc1.CCC(CC(C)c1ccccc1)c1ccccc1.CCC(CC(C)c1ccccc1)c1ccccc1.CCC(CC(C)c1ccccc1)c1ccccc1.CCOCC(O)CS(=O)CC(O)CO.CCOCC(O)CSCC(O)CO.CCOCC1CO1.CCOCC1CO1. The highest BCUT2D eigenvalue weighted by atomic mass is 32.2. The zero-order chi connectivity index (χ0) is 81.3. The topological polar surface area (TPSA) is 200 Å². The molecule has 0 spiro atoms. The normalized spacial score (nSPS) is 15.7. The van der Waals surface area contributed by atoms with Gasteiger partial charge in [-0.1, -0.05) is 310 Å². The largest absolute Gasteiger partial charge is 0.394 e. The molecule has 2 aliphatic rings. The number of thioether (sulfide) groups is 1. The molecule has 8 aromatic carbocycles. The van der Waals surface area contributed by atoms with E-state index in [0.717, 1.165) is 39.6 Å². The molecule has 612 valence electrons. The number of aliphatic hydroxyl groups is 6. The Labute approximate surface area is 676 Å². The van der Waals surface area contributed by atoms with E-state index in [0.29, 0.717) is 79.0 Å². The number of hydrogen-bond acceptors (Lipinski definition) is 14. The smallest absolute Gasteiger partial charge is 0.104 e. The van der Waals surface area contributed by atoms with Gasteiger partial charge in [-0.2, -0.15) is 11.8 Å². The van der Waals surface area contributed by atoms with Crippen molar-refractivity contribution in [2.45, 2.75) is 180 Å². The van der Waals surface area contributed by atoms with Gasteiger partial charge in [-0.05, 0) is 146 Å². The van der Waals surface area contributed by atoms with Crippen molar-refractivity contribution in [3.8, 4) is 0 Å². The van der Waals surface area contributed by atoms with E-state index in [1.54, 1.807) is 6.92 Å². The van der Waals surface area contributed by atoms with Crippen molar-refractivity contribution in [1.82, 2.24) is 0 Å². The summed E-state index contributed by atoms with van der Waals surface area (Å²) in [5.74, 6) is 4.89. The molecule has 13 unspecified atom stereocenters. The van der Waals surface area contributed by atoms with Crippen LogP contribution in [-0.2, 0) is 39.2 Å². The maximum absolute atomic E-state index is 11.2. The molecule has 13 atom stereocenters. The quantitative estimate of drug-likeness (QED) is 0.0199. The first-order chi connectivity index (χ1) is 54.0. The highest BCUT2D eigenvalue weighted by Crippen LogP contribution is 2.34. The lowest BCUT2D eigenvalue weighted by molar-refractivity contribution is 0.0544. The molecular weight excluding hydrogens is 1430 g/mol. The van der Waals surface area contributed by atoms with Crippen LogP contribution in [0.2, 0.25) is 0 Å². The van der Waals surface area contributed by atoms with Crippen LogP contribution in [0, 0.1) is 0 Å². The van der Waals surface area contributed by atoms with Crippen LogP contribution in [0.4, 0.5) is 0 Å². The second kappa shape index (κ2) is 66.7. The molecule has 111 heavy (non-hydrogen) atoms. The Morgan fingerprint density at radius 3 is 0.883 bits per heavy atom. The highest BCUT2D eigenvalue weighted by molar-refractivity contribution is 7.99. The van der Waals surface area contributed by atoms with E-state index >= 15 is 0 Å². The van der Waals surface area contributed by atoms with Gasteiger partial charge < -0.3 is 59.1 Å². The van der Waals surface area contributed by atoms with E-state index in [2.05, 4.69) is 237 Å². The summed E-state index contributed by atoms with van der Waals surface area (Å²) in [6.45, 7) is 34.7. The van der Waals surface area contributed by atoms with Gasteiger partial charge in [0.05, 0.1) is 88.8 Å². The summed E-state index contributed by atoms with van der Waals surface area (Å²) in [6, 6.07) is 85.2. The Kier molecular flexibility index (Phi) is 60.3. The highest BCUT2D eigenvalue weighted by Gasteiger charge is 2.23. The molecule has 0 aliphatic carbocycles. The third-order valence-electron chi connectivity index (χ3n) is 18.0. The molecule has 0 saturated carbocycles. The average Bonchev–Trinajstić information content (AvgIpc) is 1.85. The van der Waals surface area contributed by atoms with Crippen LogP contribution < -0.4 is 0 Å². The van der Waals surface area contributed by atoms with E-state index in [1.807, 2.05) is 93.6 Å². The monoisotopic (exact) mass is 1560 g/mol. The number of epoxide rings is 2. The van der Waals surface area contributed by atoms with Gasteiger partial charge in [-0.15, -0.1) is 0 Å². The molecule has 0 radical (unpaired) electrons. The number of rotatable bonds is 39. The Bertz CT molecular complexity index is 3100. The summed E-state index contributed by atoms with van der Waals surface area (Å²) in [4.78, 5) is 0. The van der Waals surface area contributed by atoms with Gasteiger partial charge in [0.25, 0.3) is 0 Å². The van der Waals surface area contributed by atoms with E-state index in [1.165, 1.54) is 94.8 Å². The minimum Gasteiger partial charge on any atom is -0.394 e. The number of aliphatic hydroxyl groups excluding tert-OH is 6. The Morgan fingerprint density at radius 1 is 0.387 bits per heavy atom. The maximum atomic E-state index is 11.2. The fourth-order valence-electron chi connectivity index (χ4n) is 11.4. The number of hydrogen-bond donors (Lipinski definition) is 6. The summed E-state index contributed by atoms with van der Waals surface area (Å²) in [6.07, 6.45) is 8.90. The first-order valence-corrected chi connectivity index (χ1v) is 42.7. The lowest BCUT2D eigenvalue weighted by atomic mass is 9.85. The fourth-order valence-corrected chi connectivity index (χ4v) is 13.5. The molecule has 2 heterocycles. The predicted molar refractivity (Wildman–Crippen MR) is 469 cm³/mol. The van der Waals surface area contributed by atoms with E-state index < -0.39 is 41.8 Å². The van der Waals surface area contributed by atoms with Crippen molar-refractivity contribution in [2.24, 2.45) is 0 Å². The predicted octanol–water partition coefficient (Wildman–Crippen LogP) is 19.6. The number of ether oxygens (including phenoxy) is 6. The average molecular weight is 1560 g/mol.